The number of ketones is 1. The molecule has 0 saturated carbocycles. The van der Waals surface area contributed by atoms with Crippen LogP contribution in [0.1, 0.15) is 23.3 Å². The Balaban J connectivity index is 1.41. The molecular formula is C24H19N3O3. The summed E-state index contributed by atoms with van der Waals surface area (Å²) in [5.41, 5.74) is 0.928. The molecule has 4 aromatic rings. The molecule has 0 fully saturated rings. The van der Waals surface area contributed by atoms with Crippen molar-refractivity contribution < 1.29 is 14.3 Å². The van der Waals surface area contributed by atoms with Gasteiger partial charge >= 0.3 is 0 Å². The number of amides is 1. The number of hydrogen-bond acceptors (Lipinski definition) is 5. The Labute approximate surface area is 173 Å². The summed E-state index contributed by atoms with van der Waals surface area (Å²) in [6.07, 6.45) is 4.99. The molecule has 6 heteroatoms. The van der Waals surface area contributed by atoms with E-state index in [4.69, 9.17) is 4.74 Å². The third-order valence-electron chi connectivity index (χ3n) is 4.56. The minimum Gasteiger partial charge on any atom is -0.455 e. The Kier molecular flexibility index (Phi) is 5.75. The first-order chi connectivity index (χ1) is 14.7. The molecule has 0 aliphatic carbocycles. The lowest BCUT2D eigenvalue weighted by Crippen LogP contribution is -2.14. The summed E-state index contributed by atoms with van der Waals surface area (Å²) in [4.78, 5) is 33.3. The molecule has 0 bridgehead atoms. The van der Waals surface area contributed by atoms with E-state index < -0.39 is 0 Å². The molecule has 1 N–H and O–H groups in total. The van der Waals surface area contributed by atoms with Crippen molar-refractivity contribution in [2.75, 3.05) is 5.32 Å². The van der Waals surface area contributed by atoms with Crippen LogP contribution in [-0.2, 0) is 4.79 Å². The summed E-state index contributed by atoms with van der Waals surface area (Å²) in [6.45, 7) is 0. The van der Waals surface area contributed by atoms with Gasteiger partial charge in [-0.3, -0.25) is 19.6 Å². The predicted octanol–water partition coefficient (Wildman–Crippen LogP) is 5.02. The van der Waals surface area contributed by atoms with E-state index in [-0.39, 0.29) is 24.5 Å². The van der Waals surface area contributed by atoms with Gasteiger partial charge in [0.15, 0.2) is 11.5 Å². The monoisotopic (exact) mass is 397 g/mol. The Morgan fingerprint density at radius 1 is 0.833 bits per heavy atom. The number of hydrogen-bond donors (Lipinski definition) is 1. The van der Waals surface area contributed by atoms with Crippen LogP contribution in [0, 0.1) is 0 Å². The second kappa shape index (κ2) is 8.96. The average molecular weight is 397 g/mol. The smallest absolute Gasteiger partial charge is 0.224 e. The maximum atomic E-state index is 12.7. The molecule has 0 unspecified atom stereocenters. The van der Waals surface area contributed by atoms with Crippen molar-refractivity contribution in [2.24, 2.45) is 0 Å². The average Bonchev–Trinajstić information content (AvgIpc) is 2.79. The minimum absolute atomic E-state index is 0.0489. The van der Waals surface area contributed by atoms with Crippen molar-refractivity contribution in [1.29, 1.82) is 0 Å². The number of pyridine rings is 2. The van der Waals surface area contributed by atoms with Gasteiger partial charge in [-0.05, 0) is 35.7 Å². The Morgan fingerprint density at radius 3 is 2.47 bits per heavy atom. The fraction of sp³-hybridized carbons (Fsp3) is 0.0833. The summed E-state index contributed by atoms with van der Waals surface area (Å²) in [6, 6.07) is 20.0. The zero-order valence-corrected chi connectivity index (χ0v) is 16.1. The van der Waals surface area contributed by atoms with Gasteiger partial charge in [-0.15, -0.1) is 0 Å². The van der Waals surface area contributed by atoms with Crippen LogP contribution in [0.4, 0.5) is 5.69 Å². The van der Waals surface area contributed by atoms with Crippen molar-refractivity contribution >= 4 is 28.2 Å². The first-order valence-corrected chi connectivity index (χ1v) is 9.54. The number of benzene rings is 2. The fourth-order valence-corrected chi connectivity index (χ4v) is 3.09. The van der Waals surface area contributed by atoms with E-state index in [2.05, 4.69) is 15.3 Å². The van der Waals surface area contributed by atoms with E-state index in [1.807, 2.05) is 36.4 Å². The van der Waals surface area contributed by atoms with E-state index >= 15 is 0 Å². The third-order valence-corrected chi connectivity index (χ3v) is 4.56. The molecule has 2 heterocycles. The third kappa shape index (κ3) is 4.50. The second-order valence-electron chi connectivity index (χ2n) is 6.63. The van der Waals surface area contributed by atoms with Crippen molar-refractivity contribution in [1.82, 2.24) is 9.97 Å². The molecule has 2 aromatic heterocycles. The van der Waals surface area contributed by atoms with Gasteiger partial charge in [0.25, 0.3) is 0 Å². The summed E-state index contributed by atoms with van der Waals surface area (Å²) < 4.78 is 5.82. The molecule has 0 radical (unpaired) electrons. The number of fused-ring (bicyclic) bond motifs is 1. The molecule has 4 rings (SSSR count). The van der Waals surface area contributed by atoms with Crippen LogP contribution >= 0.6 is 0 Å². The van der Waals surface area contributed by atoms with Crippen molar-refractivity contribution in [2.45, 2.75) is 12.8 Å². The highest BCUT2D eigenvalue weighted by atomic mass is 16.5. The van der Waals surface area contributed by atoms with Crippen LogP contribution in [0.3, 0.4) is 0 Å². The van der Waals surface area contributed by atoms with Crippen molar-refractivity contribution in [3.05, 3.63) is 91.0 Å². The number of nitrogens with zero attached hydrogens (tertiary/aromatic N) is 2. The summed E-state index contributed by atoms with van der Waals surface area (Å²) in [5.74, 6) is 0.695. The molecule has 6 nitrogen and oxygen atoms in total. The zero-order chi connectivity index (χ0) is 20.8. The first kappa shape index (κ1) is 19.3. The Morgan fingerprint density at radius 2 is 1.60 bits per heavy atom. The number of rotatable bonds is 7. The zero-order valence-electron chi connectivity index (χ0n) is 16.1. The normalized spacial score (nSPS) is 10.5. The highest BCUT2D eigenvalue weighted by Crippen LogP contribution is 2.29. The van der Waals surface area contributed by atoms with Gasteiger partial charge in [0.2, 0.25) is 5.91 Å². The van der Waals surface area contributed by atoms with Crippen LogP contribution in [-0.4, -0.2) is 21.7 Å². The standard InChI is InChI=1S/C24H19N3O3/c28-21(24-19-6-2-1-5-17(19)11-16-26-24)9-10-23(29)27-20-7-3-4-8-22(20)30-18-12-14-25-15-13-18/h1-8,11-16H,9-10H2,(H,27,29). The topological polar surface area (TPSA) is 81.2 Å². The quantitative estimate of drug-likeness (QED) is 0.443. The molecule has 0 saturated heterocycles. The number of nitrogens with one attached hydrogen (secondary N) is 1. The number of Topliss-reactive ketones (excluding diaryl/α,β-unsaturated/α-hetero) is 1. The number of carbonyl (C=O) groups is 2. The van der Waals surface area contributed by atoms with Gasteiger partial charge in [-0.25, -0.2) is 0 Å². The molecule has 2 aromatic carbocycles. The first-order valence-electron chi connectivity index (χ1n) is 9.54. The maximum absolute atomic E-state index is 12.7. The fourth-order valence-electron chi connectivity index (χ4n) is 3.09. The molecule has 0 aliphatic rings. The number of para-hydroxylation sites is 2. The minimum atomic E-state index is -0.269. The van der Waals surface area contributed by atoms with Gasteiger partial charge in [0.1, 0.15) is 11.4 Å². The molecule has 1 amide bonds. The van der Waals surface area contributed by atoms with Gasteiger partial charge in [-0.2, -0.15) is 0 Å². The van der Waals surface area contributed by atoms with E-state index in [0.717, 1.165) is 10.8 Å². The summed E-state index contributed by atoms with van der Waals surface area (Å²) >= 11 is 0. The van der Waals surface area contributed by atoms with Gasteiger partial charge in [0.05, 0.1) is 5.69 Å². The van der Waals surface area contributed by atoms with Crippen LogP contribution < -0.4 is 10.1 Å². The Hall–Kier alpha value is -4.06. The van der Waals surface area contributed by atoms with E-state index in [0.29, 0.717) is 22.9 Å². The van der Waals surface area contributed by atoms with Crippen molar-refractivity contribution in [3.8, 4) is 11.5 Å². The van der Waals surface area contributed by atoms with Gasteiger partial charge in [0, 0.05) is 36.8 Å². The molecule has 0 spiro atoms. The van der Waals surface area contributed by atoms with Crippen LogP contribution in [0.2, 0.25) is 0 Å². The Bertz CT molecular complexity index is 1190. The highest BCUT2D eigenvalue weighted by Gasteiger charge is 2.15. The number of ether oxygens (including phenoxy) is 1. The summed E-state index contributed by atoms with van der Waals surface area (Å²) in [5, 5.41) is 4.56. The molecule has 148 valence electrons. The predicted molar refractivity (Wildman–Crippen MR) is 115 cm³/mol. The number of carbonyl (C=O) groups excluding carboxylic acids is 2. The van der Waals surface area contributed by atoms with Crippen LogP contribution in [0.15, 0.2) is 85.3 Å². The van der Waals surface area contributed by atoms with E-state index in [1.54, 1.807) is 48.9 Å². The highest BCUT2D eigenvalue weighted by molar-refractivity contribution is 6.07. The molecule has 0 atom stereocenters. The van der Waals surface area contributed by atoms with Gasteiger partial charge < -0.3 is 10.1 Å². The number of aromatic nitrogens is 2. The second-order valence-corrected chi connectivity index (χ2v) is 6.63. The van der Waals surface area contributed by atoms with Crippen LogP contribution in [0.25, 0.3) is 10.8 Å². The molecule has 30 heavy (non-hydrogen) atoms. The summed E-state index contributed by atoms with van der Waals surface area (Å²) in [7, 11) is 0. The van der Waals surface area contributed by atoms with E-state index in [1.165, 1.54) is 0 Å². The van der Waals surface area contributed by atoms with Crippen LogP contribution in [0.5, 0.6) is 11.5 Å². The largest absolute Gasteiger partial charge is 0.455 e. The maximum Gasteiger partial charge on any atom is 0.224 e. The lowest BCUT2D eigenvalue weighted by molar-refractivity contribution is -0.116. The molecular weight excluding hydrogens is 378 g/mol. The SMILES string of the molecule is O=C(CCC(=O)c1nccc2ccccc12)Nc1ccccc1Oc1ccncc1. The number of anilines is 1. The van der Waals surface area contributed by atoms with Gasteiger partial charge in [-0.1, -0.05) is 36.4 Å². The van der Waals surface area contributed by atoms with E-state index in [9.17, 15) is 9.59 Å². The molecule has 0 aliphatic heterocycles. The lowest BCUT2D eigenvalue weighted by Gasteiger charge is -2.12. The lowest BCUT2D eigenvalue weighted by atomic mass is 10.0. The van der Waals surface area contributed by atoms with Crippen molar-refractivity contribution in [3.63, 3.8) is 0 Å².